The molecule has 0 spiro atoms. The van der Waals surface area contributed by atoms with E-state index in [1.54, 1.807) is 14.2 Å². The Morgan fingerprint density at radius 2 is 1.65 bits per heavy atom. The standard InChI is InChI=1S/C19H19BrNO2/c1-22-18-11-15(17(20)12-19(18)23-2)8-10-21-9-7-14-5-3-4-6-16(14)13-21/h3-7,9,11-13H,8,10H2,1-2H3/q+1. The average molecular weight is 373 g/mol. The third-order valence-corrected chi connectivity index (χ3v) is 4.68. The number of pyridine rings is 1. The Morgan fingerprint density at radius 1 is 0.957 bits per heavy atom. The van der Waals surface area contributed by atoms with Crippen molar-refractivity contribution in [3.63, 3.8) is 0 Å². The fourth-order valence-corrected chi connectivity index (χ4v) is 3.18. The van der Waals surface area contributed by atoms with Gasteiger partial charge in [0, 0.05) is 22.3 Å². The fourth-order valence-electron chi connectivity index (χ4n) is 2.65. The summed E-state index contributed by atoms with van der Waals surface area (Å²) in [5.74, 6) is 1.50. The van der Waals surface area contributed by atoms with E-state index in [1.807, 2.05) is 12.1 Å². The van der Waals surface area contributed by atoms with Gasteiger partial charge in [0.2, 0.25) is 0 Å². The van der Waals surface area contributed by atoms with Crippen LogP contribution < -0.4 is 14.0 Å². The van der Waals surface area contributed by atoms with Gasteiger partial charge in [-0.25, -0.2) is 4.57 Å². The lowest BCUT2D eigenvalue weighted by Gasteiger charge is -2.11. The minimum Gasteiger partial charge on any atom is -0.493 e. The van der Waals surface area contributed by atoms with Crippen LogP contribution in [0.2, 0.25) is 0 Å². The lowest BCUT2D eigenvalue weighted by molar-refractivity contribution is -0.695. The van der Waals surface area contributed by atoms with Crippen molar-refractivity contribution in [2.45, 2.75) is 13.0 Å². The first-order valence-electron chi connectivity index (χ1n) is 7.49. The summed E-state index contributed by atoms with van der Waals surface area (Å²) in [6, 6.07) is 14.5. The number of halogens is 1. The van der Waals surface area contributed by atoms with Crippen molar-refractivity contribution in [1.82, 2.24) is 0 Å². The van der Waals surface area contributed by atoms with Gasteiger partial charge in [0.05, 0.1) is 14.2 Å². The van der Waals surface area contributed by atoms with E-state index in [0.29, 0.717) is 0 Å². The lowest BCUT2D eigenvalue weighted by atomic mass is 10.1. The first kappa shape index (κ1) is 15.8. The van der Waals surface area contributed by atoms with Crippen LogP contribution in [0.3, 0.4) is 0 Å². The van der Waals surface area contributed by atoms with Crippen LogP contribution in [0.4, 0.5) is 0 Å². The molecular weight excluding hydrogens is 354 g/mol. The zero-order valence-corrected chi connectivity index (χ0v) is 14.8. The summed E-state index contributed by atoms with van der Waals surface area (Å²) in [4.78, 5) is 0. The smallest absolute Gasteiger partial charge is 0.176 e. The Kier molecular flexibility index (Phi) is 4.82. The highest BCUT2D eigenvalue weighted by atomic mass is 79.9. The quantitative estimate of drug-likeness (QED) is 0.627. The number of hydrogen-bond acceptors (Lipinski definition) is 2. The summed E-state index contributed by atoms with van der Waals surface area (Å²) < 4.78 is 14.0. The number of rotatable bonds is 5. The normalized spacial score (nSPS) is 10.7. The van der Waals surface area contributed by atoms with Gasteiger partial charge in [-0.3, -0.25) is 0 Å². The van der Waals surface area contributed by atoms with Gasteiger partial charge in [0.25, 0.3) is 0 Å². The molecule has 1 aromatic heterocycles. The maximum Gasteiger partial charge on any atom is 0.176 e. The zero-order valence-electron chi connectivity index (χ0n) is 13.3. The second kappa shape index (κ2) is 7.01. The Balaban J connectivity index is 1.81. The minimum atomic E-state index is 0.737. The van der Waals surface area contributed by atoms with Gasteiger partial charge < -0.3 is 9.47 Å². The summed E-state index contributed by atoms with van der Waals surface area (Å²) in [5.41, 5.74) is 1.20. The van der Waals surface area contributed by atoms with E-state index < -0.39 is 0 Å². The van der Waals surface area contributed by atoms with Gasteiger partial charge in [-0.1, -0.05) is 34.1 Å². The Morgan fingerprint density at radius 3 is 2.39 bits per heavy atom. The van der Waals surface area contributed by atoms with Crippen LogP contribution in [-0.4, -0.2) is 14.2 Å². The maximum atomic E-state index is 5.39. The number of aromatic nitrogens is 1. The van der Waals surface area contributed by atoms with Crippen molar-refractivity contribution in [1.29, 1.82) is 0 Å². The summed E-state index contributed by atoms with van der Waals surface area (Å²) in [6.07, 6.45) is 5.21. The van der Waals surface area contributed by atoms with Crippen LogP contribution in [0.1, 0.15) is 5.56 Å². The van der Waals surface area contributed by atoms with Crippen molar-refractivity contribution in [2.75, 3.05) is 14.2 Å². The highest BCUT2D eigenvalue weighted by Gasteiger charge is 2.11. The molecular formula is C19H19BrNO2+. The van der Waals surface area contributed by atoms with E-state index in [2.05, 4.69) is 63.2 Å². The number of aryl methyl sites for hydroxylation is 2. The van der Waals surface area contributed by atoms with E-state index in [-0.39, 0.29) is 0 Å². The number of methoxy groups -OCH3 is 2. The predicted octanol–water partition coefficient (Wildman–Crippen LogP) is 4.15. The second-order valence-corrected chi connectivity index (χ2v) is 6.21. The van der Waals surface area contributed by atoms with Crippen molar-refractivity contribution < 1.29 is 14.0 Å². The molecule has 0 aliphatic heterocycles. The lowest BCUT2D eigenvalue weighted by Crippen LogP contribution is -2.33. The van der Waals surface area contributed by atoms with Gasteiger partial charge in [0.1, 0.15) is 0 Å². The molecule has 1 heterocycles. The highest BCUT2D eigenvalue weighted by molar-refractivity contribution is 9.10. The molecule has 0 aliphatic carbocycles. The van der Waals surface area contributed by atoms with Gasteiger partial charge in [-0.15, -0.1) is 0 Å². The molecule has 0 atom stereocenters. The number of hydrogen-bond donors (Lipinski definition) is 0. The monoisotopic (exact) mass is 372 g/mol. The summed E-state index contributed by atoms with van der Waals surface area (Å²) in [7, 11) is 3.31. The number of benzene rings is 2. The molecule has 118 valence electrons. The molecule has 0 unspecified atom stereocenters. The molecule has 3 nitrogen and oxygen atoms in total. The fraction of sp³-hybridized carbons (Fsp3) is 0.211. The van der Waals surface area contributed by atoms with Crippen LogP contribution in [0.15, 0.2) is 59.3 Å². The largest absolute Gasteiger partial charge is 0.493 e. The van der Waals surface area contributed by atoms with Gasteiger partial charge in [-0.05, 0) is 29.1 Å². The summed E-state index contributed by atoms with van der Waals surface area (Å²) >= 11 is 3.62. The molecule has 3 rings (SSSR count). The van der Waals surface area contributed by atoms with Gasteiger partial charge in [-0.2, -0.15) is 0 Å². The third-order valence-electron chi connectivity index (χ3n) is 3.94. The molecule has 3 aromatic rings. The molecule has 0 N–H and O–H groups in total. The Hall–Kier alpha value is -2.07. The molecule has 4 heteroatoms. The van der Waals surface area contributed by atoms with Crippen molar-refractivity contribution >= 4 is 26.7 Å². The molecule has 0 fully saturated rings. The average Bonchev–Trinajstić information content (AvgIpc) is 2.60. The minimum absolute atomic E-state index is 0.737. The van der Waals surface area contributed by atoms with Gasteiger partial charge in [0.15, 0.2) is 30.4 Å². The van der Waals surface area contributed by atoms with Crippen LogP contribution in [0.25, 0.3) is 10.8 Å². The van der Waals surface area contributed by atoms with Crippen molar-refractivity contribution in [3.8, 4) is 11.5 Å². The third kappa shape index (κ3) is 3.48. The maximum absolute atomic E-state index is 5.39. The predicted molar refractivity (Wildman–Crippen MR) is 95.1 cm³/mol. The number of nitrogens with zero attached hydrogens (tertiary/aromatic N) is 1. The molecule has 0 amide bonds. The molecule has 0 aliphatic rings. The molecule has 0 bridgehead atoms. The molecule has 0 saturated heterocycles. The van der Waals surface area contributed by atoms with E-state index in [4.69, 9.17) is 9.47 Å². The van der Waals surface area contributed by atoms with E-state index in [1.165, 1.54) is 16.3 Å². The Bertz CT molecular complexity index is 833. The van der Waals surface area contributed by atoms with E-state index >= 15 is 0 Å². The molecule has 23 heavy (non-hydrogen) atoms. The number of fused-ring (bicyclic) bond motifs is 1. The molecule has 0 saturated carbocycles. The second-order valence-electron chi connectivity index (χ2n) is 5.36. The van der Waals surface area contributed by atoms with Crippen molar-refractivity contribution in [2.24, 2.45) is 0 Å². The van der Waals surface area contributed by atoms with Crippen LogP contribution in [-0.2, 0) is 13.0 Å². The summed E-state index contributed by atoms with van der Waals surface area (Å²) in [5, 5.41) is 2.51. The molecule has 2 aromatic carbocycles. The zero-order chi connectivity index (χ0) is 16.2. The van der Waals surface area contributed by atoms with E-state index in [9.17, 15) is 0 Å². The first-order chi connectivity index (χ1) is 11.2. The SMILES string of the molecule is COc1cc(Br)c(CC[n+]2ccc3ccccc3c2)cc1OC. The summed E-state index contributed by atoms with van der Waals surface area (Å²) in [6.45, 7) is 0.902. The molecule has 0 radical (unpaired) electrons. The first-order valence-corrected chi connectivity index (χ1v) is 8.29. The van der Waals surface area contributed by atoms with Gasteiger partial charge >= 0.3 is 0 Å². The number of ether oxygens (including phenoxy) is 2. The topological polar surface area (TPSA) is 22.3 Å². The van der Waals surface area contributed by atoms with Crippen LogP contribution in [0.5, 0.6) is 11.5 Å². The van der Waals surface area contributed by atoms with Crippen LogP contribution in [0, 0.1) is 0 Å². The highest BCUT2D eigenvalue weighted by Crippen LogP contribution is 2.33. The van der Waals surface area contributed by atoms with Crippen LogP contribution >= 0.6 is 15.9 Å². The van der Waals surface area contributed by atoms with Crippen molar-refractivity contribution in [3.05, 3.63) is 64.9 Å². The Labute approximate surface area is 144 Å². The van der Waals surface area contributed by atoms with E-state index in [0.717, 1.165) is 28.9 Å².